The van der Waals surface area contributed by atoms with Crippen molar-refractivity contribution in [2.75, 3.05) is 7.11 Å². The number of halogens is 2. The smallest absolute Gasteiger partial charge is 0.180 e. The van der Waals surface area contributed by atoms with Crippen molar-refractivity contribution in [3.05, 3.63) is 70.2 Å². The summed E-state index contributed by atoms with van der Waals surface area (Å²) in [5.74, 6) is 0.954. The van der Waals surface area contributed by atoms with Crippen molar-refractivity contribution in [2.45, 2.75) is 6.61 Å². The molecule has 25 heavy (non-hydrogen) atoms. The lowest BCUT2D eigenvalue weighted by Crippen LogP contribution is -2.00. The van der Waals surface area contributed by atoms with E-state index in [1.54, 1.807) is 25.5 Å². The van der Waals surface area contributed by atoms with Gasteiger partial charge in [-0.1, -0.05) is 41.4 Å². The lowest BCUT2D eigenvalue weighted by Gasteiger charge is -2.14. The summed E-state index contributed by atoms with van der Waals surface area (Å²) in [6.45, 7) is 0.282. The number of ether oxygens (including phenoxy) is 2. The highest BCUT2D eigenvalue weighted by Gasteiger charge is 2.12. The molecule has 0 radical (unpaired) electrons. The Hall–Kier alpha value is -2.57. The standard InChI is InChI=1S/C17H14Cl2N4O2/c1-24-16-7-12(8-22-23-10-20-21-11-23)6-15(19)17(16)25-9-13-4-2-3-5-14(13)18/h2-8,10-11H,9H2,1H3. The third kappa shape index (κ3) is 4.29. The topological polar surface area (TPSA) is 61.5 Å². The largest absolute Gasteiger partial charge is 0.493 e. The molecule has 0 unspecified atom stereocenters. The molecule has 1 heterocycles. The Labute approximate surface area is 154 Å². The van der Waals surface area contributed by atoms with Crippen LogP contribution in [0.2, 0.25) is 10.0 Å². The van der Waals surface area contributed by atoms with Gasteiger partial charge in [0.25, 0.3) is 0 Å². The minimum atomic E-state index is 0.282. The molecule has 0 amide bonds. The molecule has 0 saturated heterocycles. The third-order valence-electron chi connectivity index (χ3n) is 3.33. The molecule has 0 atom stereocenters. The molecule has 6 nitrogen and oxygen atoms in total. The molecule has 3 aromatic rings. The Balaban J connectivity index is 1.81. The van der Waals surface area contributed by atoms with Crippen LogP contribution in [0.1, 0.15) is 11.1 Å². The van der Waals surface area contributed by atoms with E-state index in [0.29, 0.717) is 21.5 Å². The monoisotopic (exact) mass is 376 g/mol. The zero-order valence-electron chi connectivity index (χ0n) is 13.3. The van der Waals surface area contributed by atoms with Crippen molar-refractivity contribution in [2.24, 2.45) is 5.10 Å². The zero-order chi connectivity index (χ0) is 17.6. The Bertz CT molecular complexity index is 882. The predicted molar refractivity (Wildman–Crippen MR) is 96.8 cm³/mol. The highest BCUT2D eigenvalue weighted by Crippen LogP contribution is 2.37. The van der Waals surface area contributed by atoms with Crippen LogP contribution in [-0.2, 0) is 6.61 Å². The van der Waals surface area contributed by atoms with Crippen molar-refractivity contribution in [3.63, 3.8) is 0 Å². The molecule has 128 valence electrons. The van der Waals surface area contributed by atoms with Crippen LogP contribution in [0.15, 0.2) is 54.2 Å². The van der Waals surface area contributed by atoms with Gasteiger partial charge in [0.1, 0.15) is 19.3 Å². The number of aromatic nitrogens is 3. The number of methoxy groups -OCH3 is 1. The van der Waals surface area contributed by atoms with E-state index in [1.807, 2.05) is 24.3 Å². The summed E-state index contributed by atoms with van der Waals surface area (Å²) in [5.41, 5.74) is 1.61. The van der Waals surface area contributed by atoms with Crippen LogP contribution in [0.25, 0.3) is 0 Å². The van der Waals surface area contributed by atoms with Crippen LogP contribution in [0, 0.1) is 0 Å². The molecule has 0 fully saturated rings. The molecule has 0 aliphatic heterocycles. The van der Waals surface area contributed by atoms with Crippen LogP contribution >= 0.6 is 23.2 Å². The quantitative estimate of drug-likeness (QED) is 0.608. The van der Waals surface area contributed by atoms with Gasteiger partial charge in [-0.15, -0.1) is 10.2 Å². The maximum absolute atomic E-state index is 6.35. The Morgan fingerprint density at radius 3 is 2.60 bits per heavy atom. The van der Waals surface area contributed by atoms with E-state index in [4.69, 9.17) is 32.7 Å². The van der Waals surface area contributed by atoms with Gasteiger partial charge in [-0.25, -0.2) is 4.68 Å². The normalized spacial score (nSPS) is 11.0. The van der Waals surface area contributed by atoms with Crippen LogP contribution in [-0.4, -0.2) is 28.2 Å². The van der Waals surface area contributed by atoms with Gasteiger partial charge < -0.3 is 9.47 Å². The van der Waals surface area contributed by atoms with Gasteiger partial charge in [0.2, 0.25) is 0 Å². The van der Waals surface area contributed by atoms with Crippen molar-refractivity contribution in [1.82, 2.24) is 14.9 Å². The number of rotatable bonds is 6. The molecule has 0 N–H and O–H groups in total. The molecule has 8 heteroatoms. The maximum atomic E-state index is 6.35. The second kappa shape index (κ2) is 8.00. The Morgan fingerprint density at radius 2 is 1.88 bits per heavy atom. The summed E-state index contributed by atoms with van der Waals surface area (Å²) in [6.07, 6.45) is 4.59. The first-order valence-corrected chi connectivity index (χ1v) is 8.05. The summed E-state index contributed by atoms with van der Waals surface area (Å²) in [7, 11) is 1.55. The van der Waals surface area contributed by atoms with E-state index >= 15 is 0 Å². The molecule has 0 spiro atoms. The number of hydrogen-bond acceptors (Lipinski definition) is 5. The Morgan fingerprint density at radius 1 is 1.12 bits per heavy atom. The SMILES string of the molecule is COc1cc(C=Nn2cnnc2)cc(Cl)c1OCc1ccccc1Cl. The van der Waals surface area contributed by atoms with Crippen molar-refractivity contribution < 1.29 is 9.47 Å². The summed E-state index contributed by atoms with van der Waals surface area (Å²) in [6, 6.07) is 11.0. The van der Waals surface area contributed by atoms with E-state index < -0.39 is 0 Å². The average molecular weight is 377 g/mol. The number of benzene rings is 2. The van der Waals surface area contributed by atoms with Crippen LogP contribution in [0.5, 0.6) is 11.5 Å². The van der Waals surface area contributed by atoms with Crippen molar-refractivity contribution >= 4 is 29.4 Å². The first kappa shape index (κ1) is 17.3. The molecule has 0 aliphatic carbocycles. The van der Waals surface area contributed by atoms with E-state index in [2.05, 4.69) is 15.3 Å². The van der Waals surface area contributed by atoms with E-state index in [9.17, 15) is 0 Å². The highest BCUT2D eigenvalue weighted by molar-refractivity contribution is 6.32. The zero-order valence-corrected chi connectivity index (χ0v) is 14.8. The molecule has 1 aromatic heterocycles. The fourth-order valence-corrected chi connectivity index (χ4v) is 2.57. The minimum Gasteiger partial charge on any atom is -0.493 e. The molecule has 0 saturated carbocycles. The fourth-order valence-electron chi connectivity index (χ4n) is 2.11. The summed E-state index contributed by atoms with van der Waals surface area (Å²) >= 11 is 12.5. The highest BCUT2D eigenvalue weighted by atomic mass is 35.5. The summed E-state index contributed by atoms with van der Waals surface area (Å²) < 4.78 is 12.7. The maximum Gasteiger partial charge on any atom is 0.180 e. The molecular formula is C17H14Cl2N4O2. The van der Waals surface area contributed by atoms with E-state index in [0.717, 1.165) is 11.1 Å². The van der Waals surface area contributed by atoms with Gasteiger partial charge in [-0.2, -0.15) is 5.10 Å². The lowest BCUT2D eigenvalue weighted by atomic mass is 10.2. The number of hydrogen-bond donors (Lipinski definition) is 0. The molecule has 3 rings (SSSR count). The van der Waals surface area contributed by atoms with Crippen molar-refractivity contribution in [1.29, 1.82) is 0 Å². The van der Waals surface area contributed by atoms with Crippen molar-refractivity contribution in [3.8, 4) is 11.5 Å². The second-order valence-electron chi connectivity index (χ2n) is 5.00. The van der Waals surface area contributed by atoms with E-state index in [-0.39, 0.29) is 6.61 Å². The molecule has 0 aliphatic rings. The minimum absolute atomic E-state index is 0.282. The van der Waals surface area contributed by atoms with Gasteiger partial charge in [0, 0.05) is 10.6 Å². The molecular weight excluding hydrogens is 363 g/mol. The number of nitrogens with zero attached hydrogens (tertiary/aromatic N) is 4. The summed E-state index contributed by atoms with van der Waals surface area (Å²) in [4.78, 5) is 0. The fraction of sp³-hybridized carbons (Fsp3) is 0.118. The van der Waals surface area contributed by atoms with Gasteiger partial charge in [-0.3, -0.25) is 0 Å². The first-order chi connectivity index (χ1) is 12.2. The molecule has 0 bridgehead atoms. The lowest BCUT2D eigenvalue weighted by molar-refractivity contribution is 0.285. The third-order valence-corrected chi connectivity index (χ3v) is 3.98. The van der Waals surface area contributed by atoms with Gasteiger partial charge in [0.05, 0.1) is 18.3 Å². The first-order valence-electron chi connectivity index (χ1n) is 7.30. The van der Waals surface area contributed by atoms with Crippen LogP contribution in [0.3, 0.4) is 0 Å². The second-order valence-corrected chi connectivity index (χ2v) is 5.82. The van der Waals surface area contributed by atoms with E-state index in [1.165, 1.54) is 17.3 Å². The van der Waals surface area contributed by atoms with Gasteiger partial charge in [-0.05, 0) is 23.8 Å². The predicted octanol–water partition coefficient (Wildman–Crippen LogP) is 4.05. The summed E-state index contributed by atoms with van der Waals surface area (Å²) in [5, 5.41) is 12.6. The Kier molecular flexibility index (Phi) is 5.53. The van der Waals surface area contributed by atoms with Crippen LogP contribution in [0.4, 0.5) is 0 Å². The average Bonchev–Trinajstić information content (AvgIpc) is 3.13. The molecule has 2 aromatic carbocycles. The van der Waals surface area contributed by atoms with Gasteiger partial charge >= 0.3 is 0 Å². The van der Waals surface area contributed by atoms with Gasteiger partial charge in [0.15, 0.2) is 11.5 Å². The van der Waals surface area contributed by atoms with Crippen LogP contribution < -0.4 is 9.47 Å².